The van der Waals surface area contributed by atoms with Gasteiger partial charge in [-0.2, -0.15) is 0 Å². The molecule has 6 aromatic rings. The van der Waals surface area contributed by atoms with E-state index in [9.17, 15) is 23.2 Å². The number of hydrogen-bond acceptors (Lipinski definition) is 7. The van der Waals surface area contributed by atoms with Gasteiger partial charge in [0.15, 0.2) is 5.65 Å². The van der Waals surface area contributed by atoms with Crippen LogP contribution < -0.4 is 16.6 Å². The molecule has 52 heavy (non-hydrogen) atoms. The van der Waals surface area contributed by atoms with Crippen LogP contribution in [-0.4, -0.2) is 78.5 Å². The normalized spacial score (nSPS) is 18.6. The van der Waals surface area contributed by atoms with Crippen LogP contribution in [0.5, 0.6) is 0 Å². The van der Waals surface area contributed by atoms with E-state index in [-0.39, 0.29) is 28.7 Å². The summed E-state index contributed by atoms with van der Waals surface area (Å²) in [7, 11) is 2.15. The molecular weight excluding hydrogens is 666 g/mol. The van der Waals surface area contributed by atoms with E-state index in [1.807, 2.05) is 18.2 Å². The SMILES string of the molecule is CN1CCN(Cc2ccc(-c3cccc(-n4c(=O)n([C@H]5CC[C@@H](NC(=O)c6cn7cc(F)ccc7n6)CC5)c(=O)c5cc(F)cnc54)c3)cc2)CC1. The van der Waals surface area contributed by atoms with Crippen molar-refractivity contribution in [2.75, 3.05) is 33.2 Å². The molecule has 2 aromatic carbocycles. The van der Waals surface area contributed by atoms with Gasteiger partial charge in [0.05, 0.1) is 17.3 Å². The van der Waals surface area contributed by atoms with Crippen molar-refractivity contribution in [2.24, 2.45) is 0 Å². The largest absolute Gasteiger partial charge is 0.348 e. The molecular formula is C39H38F2N8O3. The van der Waals surface area contributed by atoms with Crippen molar-refractivity contribution < 1.29 is 13.6 Å². The Hall–Kier alpha value is -5.53. The zero-order valence-corrected chi connectivity index (χ0v) is 28.7. The maximum Gasteiger partial charge on any atom is 0.337 e. The van der Waals surface area contributed by atoms with E-state index in [1.54, 1.807) is 6.07 Å². The minimum atomic E-state index is -0.673. The van der Waals surface area contributed by atoms with Gasteiger partial charge in [-0.1, -0.05) is 36.4 Å². The third kappa shape index (κ3) is 6.64. The average molecular weight is 705 g/mol. The smallest absolute Gasteiger partial charge is 0.337 e. The number of fused-ring (bicyclic) bond motifs is 2. The topological polar surface area (TPSA) is 110 Å². The zero-order chi connectivity index (χ0) is 35.9. The van der Waals surface area contributed by atoms with Gasteiger partial charge in [0.25, 0.3) is 11.5 Å². The zero-order valence-electron chi connectivity index (χ0n) is 28.7. The van der Waals surface area contributed by atoms with Crippen molar-refractivity contribution in [3.8, 4) is 16.8 Å². The molecule has 1 saturated carbocycles. The highest BCUT2D eigenvalue weighted by molar-refractivity contribution is 5.93. The van der Waals surface area contributed by atoms with Crippen LogP contribution in [0, 0.1) is 11.6 Å². The Bertz CT molecular complexity index is 2410. The van der Waals surface area contributed by atoms with E-state index >= 15 is 0 Å². The summed E-state index contributed by atoms with van der Waals surface area (Å²) >= 11 is 0. The first-order valence-corrected chi connectivity index (χ1v) is 17.6. The lowest BCUT2D eigenvalue weighted by Gasteiger charge is -2.32. The van der Waals surface area contributed by atoms with Crippen LogP contribution in [0.3, 0.4) is 0 Å². The van der Waals surface area contributed by atoms with Gasteiger partial charge in [0.1, 0.15) is 23.0 Å². The van der Waals surface area contributed by atoms with Crippen LogP contribution in [0.1, 0.15) is 47.8 Å². The number of hydrogen-bond donors (Lipinski definition) is 1. The molecule has 0 atom stereocenters. The summed E-state index contributed by atoms with van der Waals surface area (Å²) in [4.78, 5) is 54.5. The monoisotopic (exact) mass is 704 g/mol. The molecule has 5 heterocycles. The molecule has 1 saturated heterocycles. The number of halogens is 2. The summed E-state index contributed by atoms with van der Waals surface area (Å²) in [6.45, 7) is 5.08. The number of aromatic nitrogens is 5. The first-order chi connectivity index (χ1) is 25.2. The fourth-order valence-corrected chi connectivity index (χ4v) is 7.44. The second kappa shape index (κ2) is 13.9. The minimum Gasteiger partial charge on any atom is -0.348 e. The maximum atomic E-state index is 14.5. The summed E-state index contributed by atoms with van der Waals surface area (Å²) in [5.41, 5.74) is 3.15. The average Bonchev–Trinajstić information content (AvgIpc) is 3.58. The molecule has 1 aliphatic heterocycles. The predicted molar refractivity (Wildman–Crippen MR) is 194 cm³/mol. The van der Waals surface area contributed by atoms with Gasteiger partial charge in [0, 0.05) is 57.2 Å². The first-order valence-electron chi connectivity index (χ1n) is 17.6. The Morgan fingerprint density at radius 2 is 1.63 bits per heavy atom. The number of imidazole rings is 1. The maximum absolute atomic E-state index is 14.5. The number of likely N-dealkylation sites (N-methyl/N-ethyl adjacent to an activating group) is 1. The third-order valence-corrected chi connectivity index (χ3v) is 10.3. The van der Waals surface area contributed by atoms with E-state index in [0.717, 1.165) is 56.1 Å². The molecule has 8 rings (SSSR count). The summed E-state index contributed by atoms with van der Waals surface area (Å²) in [5, 5.41) is 3.00. The highest BCUT2D eigenvalue weighted by Crippen LogP contribution is 2.29. The fourth-order valence-electron chi connectivity index (χ4n) is 7.44. The number of nitrogens with zero attached hydrogens (tertiary/aromatic N) is 7. The molecule has 266 valence electrons. The number of carbonyl (C=O) groups is 1. The van der Waals surface area contributed by atoms with Gasteiger partial charge in [-0.15, -0.1) is 0 Å². The first kappa shape index (κ1) is 33.6. The lowest BCUT2D eigenvalue weighted by molar-refractivity contribution is 0.0917. The molecule has 0 radical (unpaired) electrons. The van der Waals surface area contributed by atoms with Gasteiger partial charge < -0.3 is 14.6 Å². The molecule has 1 N–H and O–H groups in total. The van der Waals surface area contributed by atoms with Gasteiger partial charge in [-0.05, 0) is 79.8 Å². The number of nitrogens with one attached hydrogen (secondary N) is 1. The molecule has 11 nitrogen and oxygen atoms in total. The lowest BCUT2D eigenvalue weighted by Crippen LogP contribution is -2.45. The molecule has 13 heteroatoms. The van der Waals surface area contributed by atoms with Crippen LogP contribution in [0.2, 0.25) is 0 Å². The number of rotatable bonds is 7. The molecule has 0 unspecified atom stereocenters. The van der Waals surface area contributed by atoms with Crippen molar-refractivity contribution in [3.05, 3.63) is 129 Å². The van der Waals surface area contributed by atoms with E-state index in [1.165, 1.54) is 43.6 Å². The number of pyridine rings is 2. The van der Waals surface area contributed by atoms with Crippen molar-refractivity contribution in [1.82, 2.24) is 38.6 Å². The van der Waals surface area contributed by atoms with E-state index in [2.05, 4.69) is 56.4 Å². The number of carbonyl (C=O) groups excluding carboxylic acids is 1. The van der Waals surface area contributed by atoms with Crippen LogP contribution in [0.25, 0.3) is 33.5 Å². The Labute approximate surface area is 297 Å². The van der Waals surface area contributed by atoms with E-state index in [0.29, 0.717) is 37.0 Å². The highest BCUT2D eigenvalue weighted by atomic mass is 19.1. The van der Waals surface area contributed by atoms with E-state index in [4.69, 9.17) is 0 Å². The fraction of sp³-hybridized carbons (Fsp3) is 0.308. The van der Waals surface area contributed by atoms with Crippen LogP contribution in [0.4, 0.5) is 8.78 Å². The molecule has 4 aromatic heterocycles. The van der Waals surface area contributed by atoms with Crippen molar-refractivity contribution in [2.45, 2.75) is 44.3 Å². The highest BCUT2D eigenvalue weighted by Gasteiger charge is 2.29. The lowest BCUT2D eigenvalue weighted by atomic mass is 9.90. The molecule has 1 aliphatic carbocycles. The predicted octanol–water partition coefficient (Wildman–Crippen LogP) is 4.80. The molecule has 2 aliphatic rings. The van der Waals surface area contributed by atoms with Crippen molar-refractivity contribution in [1.29, 1.82) is 0 Å². The second-order valence-electron chi connectivity index (χ2n) is 13.9. The van der Waals surface area contributed by atoms with Gasteiger partial charge in [0.2, 0.25) is 0 Å². The molecule has 1 amide bonds. The summed E-state index contributed by atoms with van der Waals surface area (Å²) in [5.74, 6) is -1.50. The summed E-state index contributed by atoms with van der Waals surface area (Å²) in [6.07, 6.45) is 5.62. The van der Waals surface area contributed by atoms with Gasteiger partial charge >= 0.3 is 5.69 Å². The summed E-state index contributed by atoms with van der Waals surface area (Å²) in [6, 6.07) is 19.1. The Morgan fingerprint density at radius 3 is 2.40 bits per heavy atom. The Kier molecular flexibility index (Phi) is 8.97. The van der Waals surface area contributed by atoms with Gasteiger partial charge in [-0.3, -0.25) is 19.1 Å². The third-order valence-electron chi connectivity index (χ3n) is 10.3. The number of amides is 1. The van der Waals surface area contributed by atoms with Crippen molar-refractivity contribution in [3.63, 3.8) is 0 Å². The standard InChI is InChI=1S/C39H38F2N8O3/c1-45-15-17-46(18-16-45)22-25-5-7-26(8-6-25)27-3-2-4-32(19-27)48-36-33(20-29(41)21-42-36)38(51)49(39(48)52)31-12-10-30(11-13-31)43-37(50)34-24-47-23-28(40)9-14-35(47)44-34/h2-9,14,19-21,23-24,30-31H,10-13,15-18,22H2,1H3,(H,43,50)/t30-,31+. The number of piperazine rings is 1. The van der Waals surface area contributed by atoms with Crippen LogP contribution >= 0.6 is 0 Å². The van der Waals surface area contributed by atoms with E-state index < -0.39 is 28.9 Å². The molecule has 2 fully saturated rings. The van der Waals surface area contributed by atoms with Crippen molar-refractivity contribution >= 4 is 22.6 Å². The van der Waals surface area contributed by atoms with Crippen LogP contribution in [0.15, 0.2) is 94.9 Å². The minimum absolute atomic E-state index is 0.0111. The van der Waals surface area contributed by atoms with Gasteiger partial charge in [-0.25, -0.2) is 28.1 Å². The Morgan fingerprint density at radius 1 is 0.865 bits per heavy atom. The molecule has 0 spiro atoms. The summed E-state index contributed by atoms with van der Waals surface area (Å²) < 4.78 is 32.2. The Balaban J connectivity index is 1.04. The second-order valence-corrected chi connectivity index (χ2v) is 13.9. The quantitative estimate of drug-likeness (QED) is 0.254. The van der Waals surface area contributed by atoms with Crippen LogP contribution in [-0.2, 0) is 6.54 Å². The number of benzene rings is 2. The molecule has 0 bridgehead atoms.